The molecule has 2 atom stereocenters. The number of allylic oxidation sites excluding steroid dienone is 1. The summed E-state index contributed by atoms with van der Waals surface area (Å²) < 4.78 is 17.1. The van der Waals surface area contributed by atoms with E-state index in [4.69, 9.17) is 14.2 Å². The number of ether oxygens (including phenoxy) is 3. The van der Waals surface area contributed by atoms with Crippen LogP contribution in [-0.2, 0) is 19.0 Å². The molecule has 1 unspecified atom stereocenters. The van der Waals surface area contributed by atoms with Crippen LogP contribution in [-0.4, -0.2) is 31.1 Å². The number of esters is 1. The predicted octanol–water partition coefficient (Wildman–Crippen LogP) is 2.98. The molecule has 19 heavy (non-hydrogen) atoms. The van der Waals surface area contributed by atoms with Gasteiger partial charge in [-0.3, -0.25) is 4.79 Å². The van der Waals surface area contributed by atoms with Gasteiger partial charge in [-0.25, -0.2) is 0 Å². The van der Waals surface area contributed by atoms with Gasteiger partial charge in [-0.05, 0) is 25.7 Å². The fourth-order valence-electron chi connectivity index (χ4n) is 2.29. The van der Waals surface area contributed by atoms with Crippen molar-refractivity contribution in [2.45, 2.75) is 50.9 Å². The first-order valence-corrected chi connectivity index (χ1v) is 6.81. The summed E-state index contributed by atoms with van der Waals surface area (Å²) in [5.74, 6) is -1.15. The maximum atomic E-state index is 11.3. The highest BCUT2D eigenvalue weighted by Gasteiger charge is 2.44. The van der Waals surface area contributed by atoms with Crippen LogP contribution in [0.25, 0.3) is 0 Å². The molecule has 0 aromatic rings. The molecule has 1 heterocycles. The molecule has 1 fully saturated rings. The summed E-state index contributed by atoms with van der Waals surface area (Å²) in [5.41, 5.74) is 0. The van der Waals surface area contributed by atoms with Gasteiger partial charge in [-0.1, -0.05) is 12.2 Å². The first-order valence-electron chi connectivity index (χ1n) is 6.81. The Balaban J connectivity index is 2.83. The minimum atomic E-state index is -0.832. The van der Waals surface area contributed by atoms with Crippen LogP contribution in [0.5, 0.6) is 0 Å². The number of carbonyl (C=O) groups excluding carboxylic acids is 1. The molecule has 4 nitrogen and oxygen atoms in total. The van der Waals surface area contributed by atoms with Crippen molar-refractivity contribution in [3.63, 3.8) is 0 Å². The predicted molar refractivity (Wildman–Crippen MR) is 73.7 cm³/mol. The molecule has 0 bridgehead atoms. The largest absolute Gasteiger partial charge is 0.457 e. The Morgan fingerprint density at radius 3 is 2.74 bits per heavy atom. The molecule has 0 spiro atoms. The van der Waals surface area contributed by atoms with Gasteiger partial charge in [-0.2, -0.15) is 0 Å². The van der Waals surface area contributed by atoms with Gasteiger partial charge >= 0.3 is 5.97 Å². The van der Waals surface area contributed by atoms with Crippen LogP contribution in [0, 0.1) is 0 Å². The van der Waals surface area contributed by atoms with Crippen molar-refractivity contribution in [3.8, 4) is 0 Å². The van der Waals surface area contributed by atoms with Crippen LogP contribution < -0.4 is 0 Å². The number of rotatable bonds is 8. The first kappa shape index (κ1) is 15.9. The molecule has 0 aromatic carbocycles. The summed E-state index contributed by atoms with van der Waals surface area (Å²) in [7, 11) is 0. The third-order valence-electron chi connectivity index (χ3n) is 3.14. The van der Waals surface area contributed by atoms with Gasteiger partial charge in [0.15, 0.2) is 6.10 Å². The molecule has 1 rings (SSSR count). The standard InChI is InChI=1S/C15H24O4/c1-4-6-9-14(19-13(3)16)15(17-11-5-2)10-7-8-12-18-15/h4-5,14H,1-2,6-12H2,3H3/t14-,15?/m1/s1. The Morgan fingerprint density at radius 1 is 1.42 bits per heavy atom. The number of hydrogen-bond acceptors (Lipinski definition) is 4. The van der Waals surface area contributed by atoms with E-state index in [2.05, 4.69) is 13.2 Å². The summed E-state index contributed by atoms with van der Waals surface area (Å²) >= 11 is 0. The Hall–Kier alpha value is -1.13. The van der Waals surface area contributed by atoms with E-state index < -0.39 is 11.9 Å². The summed E-state index contributed by atoms with van der Waals surface area (Å²) in [4.78, 5) is 11.3. The van der Waals surface area contributed by atoms with E-state index in [0.29, 0.717) is 19.6 Å². The van der Waals surface area contributed by atoms with Crippen LogP contribution >= 0.6 is 0 Å². The fourth-order valence-corrected chi connectivity index (χ4v) is 2.29. The molecule has 0 radical (unpaired) electrons. The summed E-state index contributed by atoms with van der Waals surface area (Å²) in [5, 5.41) is 0. The topological polar surface area (TPSA) is 44.8 Å². The van der Waals surface area contributed by atoms with Crippen LogP contribution in [0.3, 0.4) is 0 Å². The lowest BCUT2D eigenvalue weighted by atomic mass is 9.96. The SMILES string of the molecule is C=CCC[C@@H](OC(C)=O)C1(OCC=C)CCCCO1. The van der Waals surface area contributed by atoms with Crippen molar-refractivity contribution >= 4 is 5.97 Å². The molecule has 1 saturated heterocycles. The Bertz CT molecular complexity index is 305. The Morgan fingerprint density at radius 2 is 2.21 bits per heavy atom. The second kappa shape index (κ2) is 8.12. The quantitative estimate of drug-likeness (QED) is 0.501. The average molecular weight is 268 g/mol. The van der Waals surface area contributed by atoms with E-state index in [1.807, 2.05) is 0 Å². The van der Waals surface area contributed by atoms with Crippen LogP contribution in [0.4, 0.5) is 0 Å². The zero-order valence-corrected chi connectivity index (χ0v) is 11.7. The average Bonchev–Trinajstić information content (AvgIpc) is 2.42. The summed E-state index contributed by atoms with van der Waals surface area (Å²) in [6.07, 6.45) is 7.23. The maximum absolute atomic E-state index is 11.3. The normalized spacial score (nSPS) is 24.5. The lowest BCUT2D eigenvalue weighted by molar-refractivity contribution is -0.298. The van der Waals surface area contributed by atoms with Crippen molar-refractivity contribution in [2.24, 2.45) is 0 Å². The third kappa shape index (κ3) is 4.80. The first-order chi connectivity index (χ1) is 9.14. The summed E-state index contributed by atoms with van der Waals surface area (Å²) in [6, 6.07) is 0. The van der Waals surface area contributed by atoms with E-state index in [1.165, 1.54) is 6.92 Å². The van der Waals surface area contributed by atoms with Crippen molar-refractivity contribution in [2.75, 3.05) is 13.2 Å². The summed E-state index contributed by atoms with van der Waals surface area (Å²) in [6.45, 7) is 9.77. The zero-order valence-electron chi connectivity index (χ0n) is 11.7. The van der Waals surface area contributed by atoms with Crippen LogP contribution in [0.15, 0.2) is 25.3 Å². The second-order valence-corrected chi connectivity index (χ2v) is 4.68. The van der Waals surface area contributed by atoms with Gasteiger partial charge in [0.2, 0.25) is 5.79 Å². The lowest BCUT2D eigenvalue weighted by Crippen LogP contribution is -2.51. The van der Waals surface area contributed by atoms with Gasteiger partial charge in [0.1, 0.15) is 0 Å². The van der Waals surface area contributed by atoms with Gasteiger partial charge < -0.3 is 14.2 Å². The lowest BCUT2D eigenvalue weighted by Gasteiger charge is -2.41. The highest BCUT2D eigenvalue weighted by molar-refractivity contribution is 5.66. The molecule has 108 valence electrons. The third-order valence-corrected chi connectivity index (χ3v) is 3.14. The van der Waals surface area contributed by atoms with E-state index >= 15 is 0 Å². The van der Waals surface area contributed by atoms with Crippen LogP contribution in [0.2, 0.25) is 0 Å². The monoisotopic (exact) mass is 268 g/mol. The number of carbonyl (C=O) groups is 1. The van der Waals surface area contributed by atoms with Crippen molar-refractivity contribution in [1.29, 1.82) is 0 Å². The molecule has 1 aliphatic rings. The molecule has 0 saturated carbocycles. The zero-order chi connectivity index (χ0) is 14.1. The highest BCUT2D eigenvalue weighted by atomic mass is 16.7. The fraction of sp³-hybridized carbons (Fsp3) is 0.667. The van der Waals surface area contributed by atoms with Gasteiger partial charge in [-0.15, -0.1) is 13.2 Å². The molecule has 0 N–H and O–H groups in total. The second-order valence-electron chi connectivity index (χ2n) is 4.68. The molecule has 4 heteroatoms. The smallest absolute Gasteiger partial charge is 0.303 e. The molecular formula is C15H24O4. The molecule has 0 aliphatic carbocycles. The van der Waals surface area contributed by atoms with Crippen molar-refractivity contribution in [3.05, 3.63) is 25.3 Å². The van der Waals surface area contributed by atoms with Crippen molar-refractivity contribution < 1.29 is 19.0 Å². The minimum absolute atomic E-state index is 0.315. The highest BCUT2D eigenvalue weighted by Crippen LogP contribution is 2.33. The van der Waals surface area contributed by atoms with E-state index in [-0.39, 0.29) is 5.97 Å². The van der Waals surface area contributed by atoms with E-state index in [9.17, 15) is 4.79 Å². The molecular weight excluding hydrogens is 244 g/mol. The molecule has 0 aromatic heterocycles. The Kier molecular flexibility index (Phi) is 6.81. The van der Waals surface area contributed by atoms with Gasteiger partial charge in [0.25, 0.3) is 0 Å². The maximum Gasteiger partial charge on any atom is 0.303 e. The van der Waals surface area contributed by atoms with E-state index in [1.54, 1.807) is 12.2 Å². The van der Waals surface area contributed by atoms with Gasteiger partial charge in [0.05, 0.1) is 13.2 Å². The molecule has 1 aliphatic heterocycles. The van der Waals surface area contributed by atoms with Gasteiger partial charge in [0, 0.05) is 13.3 Å². The van der Waals surface area contributed by atoms with Crippen molar-refractivity contribution in [1.82, 2.24) is 0 Å². The molecule has 0 amide bonds. The minimum Gasteiger partial charge on any atom is -0.457 e. The van der Waals surface area contributed by atoms with Crippen LogP contribution in [0.1, 0.15) is 39.0 Å². The van der Waals surface area contributed by atoms with E-state index in [0.717, 1.165) is 25.7 Å². The number of hydrogen-bond donors (Lipinski definition) is 0. The Labute approximate surface area is 115 Å².